The van der Waals surface area contributed by atoms with Crippen LogP contribution in [0.5, 0.6) is 11.5 Å². The number of carbonyl (C=O) groups excluding carboxylic acids is 1. The number of nitro benzene ring substituents is 1. The minimum atomic E-state index is -4.19. The summed E-state index contributed by atoms with van der Waals surface area (Å²) in [5.74, 6) is -0.254. The maximum Gasteiger partial charge on any atom is 0.339 e. The first-order chi connectivity index (χ1) is 18.7. The number of amides is 1. The van der Waals surface area contributed by atoms with Gasteiger partial charge in [-0.05, 0) is 47.4 Å². The molecule has 0 saturated carbocycles. The second kappa shape index (κ2) is 10.5. The van der Waals surface area contributed by atoms with Crippen LogP contribution < -0.4 is 13.8 Å². The van der Waals surface area contributed by atoms with E-state index < -0.39 is 20.9 Å². The molecule has 0 radical (unpaired) electrons. The molecule has 0 atom stereocenters. The van der Waals surface area contributed by atoms with Crippen molar-refractivity contribution >= 4 is 72.5 Å². The summed E-state index contributed by atoms with van der Waals surface area (Å²) in [5, 5.41) is 12.2. The van der Waals surface area contributed by atoms with Crippen molar-refractivity contribution < 1.29 is 27.1 Å². The van der Waals surface area contributed by atoms with Gasteiger partial charge in [0.1, 0.15) is 4.90 Å². The maximum absolute atomic E-state index is 13.2. The molecule has 12 heteroatoms. The Kier molecular flexibility index (Phi) is 7.08. The Morgan fingerprint density at radius 1 is 0.974 bits per heavy atom. The van der Waals surface area contributed by atoms with E-state index in [-0.39, 0.29) is 26.4 Å². The Bertz CT molecular complexity index is 1780. The number of thiocarbonyl (C=S) groups is 1. The van der Waals surface area contributed by atoms with Crippen LogP contribution in [0.2, 0.25) is 0 Å². The van der Waals surface area contributed by atoms with Gasteiger partial charge in [-0.3, -0.25) is 19.8 Å². The highest BCUT2D eigenvalue weighted by Gasteiger charge is 2.33. The lowest BCUT2D eigenvalue weighted by Crippen LogP contribution is -2.27. The fourth-order valence-electron chi connectivity index (χ4n) is 3.98. The summed E-state index contributed by atoms with van der Waals surface area (Å²) in [7, 11) is -2.81. The summed E-state index contributed by atoms with van der Waals surface area (Å²) >= 11 is 6.44. The summed E-state index contributed by atoms with van der Waals surface area (Å²) in [6.07, 6.45) is 1.59. The largest absolute Gasteiger partial charge is 0.493 e. The zero-order valence-corrected chi connectivity index (χ0v) is 22.6. The van der Waals surface area contributed by atoms with Crippen molar-refractivity contribution in [1.82, 2.24) is 0 Å². The van der Waals surface area contributed by atoms with Crippen LogP contribution in [0.3, 0.4) is 0 Å². The van der Waals surface area contributed by atoms with Gasteiger partial charge < -0.3 is 8.92 Å². The van der Waals surface area contributed by atoms with Gasteiger partial charge in [0, 0.05) is 17.5 Å². The lowest BCUT2D eigenvalue weighted by molar-refractivity contribution is -0.384. The number of anilines is 1. The van der Waals surface area contributed by atoms with Gasteiger partial charge in [0.25, 0.3) is 11.6 Å². The molecule has 1 amide bonds. The van der Waals surface area contributed by atoms with E-state index in [2.05, 4.69) is 0 Å². The minimum Gasteiger partial charge on any atom is -0.493 e. The number of benzene rings is 4. The molecular formula is C27H18N2O7S3. The number of carbonyl (C=O) groups is 1. The number of methoxy groups -OCH3 is 1. The number of thioether (sulfide) groups is 1. The third-order valence-corrected chi connectivity index (χ3v) is 8.41. The number of hydrogen-bond donors (Lipinski definition) is 0. The van der Waals surface area contributed by atoms with Crippen LogP contribution in [0.1, 0.15) is 5.56 Å². The molecule has 5 rings (SSSR count). The maximum atomic E-state index is 13.2. The number of rotatable bonds is 7. The molecule has 1 saturated heterocycles. The second-order valence-corrected chi connectivity index (χ2v) is 11.4. The van der Waals surface area contributed by atoms with E-state index in [4.69, 9.17) is 21.1 Å². The summed E-state index contributed by atoms with van der Waals surface area (Å²) < 4.78 is 37.4. The predicted octanol–water partition coefficient (Wildman–Crippen LogP) is 5.93. The van der Waals surface area contributed by atoms with Crippen molar-refractivity contribution in [3.05, 3.63) is 106 Å². The third kappa shape index (κ3) is 5.21. The first kappa shape index (κ1) is 26.4. The Labute approximate surface area is 232 Å². The van der Waals surface area contributed by atoms with Gasteiger partial charge >= 0.3 is 10.1 Å². The van der Waals surface area contributed by atoms with Gasteiger partial charge in [-0.25, -0.2) is 0 Å². The quantitative estimate of drug-likeness (QED) is 0.0865. The number of nitro groups is 1. The van der Waals surface area contributed by atoms with Crippen LogP contribution in [0.15, 0.2) is 94.7 Å². The molecule has 39 heavy (non-hydrogen) atoms. The summed E-state index contributed by atoms with van der Waals surface area (Å²) in [5.41, 5.74) is 0.856. The SMILES string of the molecule is COc1cc(/C=C2/SC(=S)N(c3ccc([N+](=O)[O-])cc3)C2=O)ccc1OS(=O)(=O)c1cccc2ccccc12. The summed E-state index contributed by atoms with van der Waals surface area (Å²) in [6.45, 7) is 0. The second-order valence-electron chi connectivity index (χ2n) is 8.22. The molecule has 1 fully saturated rings. The molecule has 0 aromatic heterocycles. The Morgan fingerprint density at radius 2 is 1.69 bits per heavy atom. The molecule has 0 spiro atoms. The van der Waals surface area contributed by atoms with Gasteiger partial charge in [0.15, 0.2) is 15.8 Å². The standard InChI is InChI=1S/C27H18N2O7S3/c1-35-23-15-17(16-24-26(30)28(27(37)38-24)19-10-12-20(13-11-19)29(31)32)9-14-22(23)36-39(33,34)25-8-4-6-18-5-2-3-7-21(18)25/h2-16H,1H3/b24-16+. The van der Waals surface area contributed by atoms with Crippen molar-refractivity contribution in [1.29, 1.82) is 0 Å². The van der Waals surface area contributed by atoms with E-state index in [1.165, 1.54) is 48.4 Å². The number of ether oxygens (including phenoxy) is 1. The average Bonchev–Trinajstić information content (AvgIpc) is 3.21. The highest BCUT2D eigenvalue weighted by molar-refractivity contribution is 8.27. The van der Waals surface area contributed by atoms with Crippen molar-refractivity contribution in [2.24, 2.45) is 0 Å². The molecule has 0 aliphatic carbocycles. The molecule has 196 valence electrons. The van der Waals surface area contributed by atoms with Crippen molar-refractivity contribution in [3.8, 4) is 11.5 Å². The Balaban J connectivity index is 1.41. The molecule has 0 unspecified atom stereocenters. The highest BCUT2D eigenvalue weighted by Crippen LogP contribution is 2.38. The fourth-order valence-corrected chi connectivity index (χ4v) is 6.45. The van der Waals surface area contributed by atoms with E-state index in [9.17, 15) is 23.3 Å². The first-order valence-corrected chi connectivity index (χ1v) is 13.9. The van der Waals surface area contributed by atoms with Crippen molar-refractivity contribution in [2.45, 2.75) is 4.90 Å². The molecule has 1 aliphatic heterocycles. The Morgan fingerprint density at radius 3 is 2.41 bits per heavy atom. The average molecular weight is 579 g/mol. The summed E-state index contributed by atoms with van der Waals surface area (Å²) in [6, 6.07) is 22.1. The normalized spacial score (nSPS) is 14.7. The zero-order chi connectivity index (χ0) is 27.7. The molecule has 0 bridgehead atoms. The molecule has 4 aromatic carbocycles. The van der Waals surface area contributed by atoms with Crippen LogP contribution in [0.25, 0.3) is 16.8 Å². The van der Waals surface area contributed by atoms with Gasteiger partial charge in [-0.15, -0.1) is 0 Å². The number of fused-ring (bicyclic) bond motifs is 1. The number of non-ortho nitro benzene ring substituents is 1. The third-order valence-electron chi connectivity index (χ3n) is 5.82. The van der Waals surface area contributed by atoms with E-state index >= 15 is 0 Å². The van der Waals surface area contributed by atoms with E-state index in [1.54, 1.807) is 36.4 Å². The molecule has 1 heterocycles. The van der Waals surface area contributed by atoms with Gasteiger partial charge in [-0.2, -0.15) is 8.42 Å². The van der Waals surface area contributed by atoms with Gasteiger partial charge in [0.05, 0.1) is 22.6 Å². The van der Waals surface area contributed by atoms with Crippen LogP contribution in [0, 0.1) is 10.1 Å². The summed E-state index contributed by atoms with van der Waals surface area (Å²) in [4.78, 5) is 25.1. The fraction of sp³-hybridized carbons (Fsp3) is 0.0370. The number of hydrogen-bond acceptors (Lipinski definition) is 9. The van der Waals surface area contributed by atoms with E-state index in [0.29, 0.717) is 21.5 Å². The van der Waals surface area contributed by atoms with E-state index in [1.807, 2.05) is 18.2 Å². The van der Waals surface area contributed by atoms with Crippen LogP contribution in [-0.2, 0) is 14.9 Å². The monoisotopic (exact) mass is 578 g/mol. The molecule has 9 nitrogen and oxygen atoms in total. The van der Waals surface area contributed by atoms with Crippen LogP contribution >= 0.6 is 24.0 Å². The molecule has 4 aromatic rings. The van der Waals surface area contributed by atoms with Crippen LogP contribution in [-0.4, -0.2) is 30.7 Å². The lowest BCUT2D eigenvalue weighted by Gasteiger charge is -2.14. The highest BCUT2D eigenvalue weighted by atomic mass is 32.2. The molecular weight excluding hydrogens is 561 g/mol. The predicted molar refractivity (Wildman–Crippen MR) is 154 cm³/mol. The first-order valence-electron chi connectivity index (χ1n) is 11.3. The number of nitrogens with zero attached hydrogens (tertiary/aromatic N) is 2. The molecule has 0 N–H and O–H groups in total. The van der Waals surface area contributed by atoms with E-state index in [0.717, 1.165) is 17.1 Å². The van der Waals surface area contributed by atoms with Crippen molar-refractivity contribution in [3.63, 3.8) is 0 Å². The minimum absolute atomic E-state index is 0.0130. The van der Waals surface area contributed by atoms with Gasteiger partial charge in [-0.1, -0.05) is 66.4 Å². The smallest absolute Gasteiger partial charge is 0.339 e. The lowest BCUT2D eigenvalue weighted by atomic mass is 10.1. The zero-order valence-electron chi connectivity index (χ0n) is 20.1. The van der Waals surface area contributed by atoms with Crippen LogP contribution in [0.4, 0.5) is 11.4 Å². The topological polar surface area (TPSA) is 116 Å². The Hall–Kier alpha value is -4.26. The van der Waals surface area contributed by atoms with Crippen molar-refractivity contribution in [2.75, 3.05) is 12.0 Å². The molecule has 1 aliphatic rings. The van der Waals surface area contributed by atoms with Gasteiger partial charge in [0.2, 0.25) is 0 Å².